The largest absolute Gasteiger partial charge is 0.340 e. The Morgan fingerprint density at radius 2 is 2.36 bits per heavy atom. The lowest BCUT2D eigenvalue weighted by Gasteiger charge is -2.16. The Hall–Kier alpha value is -0.870. The Morgan fingerprint density at radius 3 is 2.86 bits per heavy atom. The smallest absolute Gasteiger partial charge is 0.263 e. The number of carbonyl (C=O) groups is 1. The first-order chi connectivity index (χ1) is 6.66. The van der Waals surface area contributed by atoms with Crippen LogP contribution in [0.4, 0.5) is 0 Å². The highest BCUT2D eigenvalue weighted by Crippen LogP contribution is 2.16. The number of hydrogen-bond acceptors (Lipinski definition) is 3. The van der Waals surface area contributed by atoms with Crippen molar-refractivity contribution in [1.29, 1.82) is 0 Å². The van der Waals surface area contributed by atoms with E-state index in [4.69, 9.17) is 0 Å². The molecule has 0 unspecified atom stereocenters. The van der Waals surface area contributed by atoms with Crippen LogP contribution in [0.15, 0.2) is 11.4 Å². The maximum Gasteiger partial charge on any atom is 0.263 e. The summed E-state index contributed by atoms with van der Waals surface area (Å²) in [6.07, 6.45) is 0. The van der Waals surface area contributed by atoms with E-state index in [1.165, 1.54) is 11.3 Å². The fourth-order valence-corrected chi connectivity index (χ4v) is 2.07. The standard InChI is InChI=1S/C10H16N2OS/c1-8-4-7-14-9(8)10(13)12(3)6-5-11-2/h4,7,11H,5-6H2,1-3H3. The van der Waals surface area contributed by atoms with E-state index in [1.54, 1.807) is 4.90 Å². The van der Waals surface area contributed by atoms with Crippen molar-refractivity contribution >= 4 is 17.2 Å². The third kappa shape index (κ3) is 2.56. The van der Waals surface area contributed by atoms with Crippen molar-refractivity contribution in [2.75, 3.05) is 27.2 Å². The molecule has 1 aromatic heterocycles. The monoisotopic (exact) mass is 212 g/mol. The van der Waals surface area contributed by atoms with Crippen LogP contribution in [0.25, 0.3) is 0 Å². The Bertz CT molecular complexity index is 309. The fourth-order valence-electron chi connectivity index (χ4n) is 1.15. The van der Waals surface area contributed by atoms with Crippen LogP contribution < -0.4 is 5.32 Å². The third-order valence-electron chi connectivity index (χ3n) is 2.10. The van der Waals surface area contributed by atoms with Crippen LogP contribution in [-0.2, 0) is 0 Å². The predicted octanol–water partition coefficient (Wildman–Crippen LogP) is 1.35. The van der Waals surface area contributed by atoms with Crippen LogP contribution in [0.5, 0.6) is 0 Å². The number of aryl methyl sites for hydroxylation is 1. The Kier molecular flexibility index (Phi) is 4.10. The zero-order valence-electron chi connectivity index (χ0n) is 8.83. The molecule has 1 aromatic rings. The van der Waals surface area contributed by atoms with Gasteiger partial charge in [-0.25, -0.2) is 0 Å². The molecule has 1 rings (SSSR count). The van der Waals surface area contributed by atoms with Crippen LogP contribution in [0.3, 0.4) is 0 Å². The van der Waals surface area contributed by atoms with Gasteiger partial charge in [0.1, 0.15) is 0 Å². The number of rotatable bonds is 4. The zero-order valence-corrected chi connectivity index (χ0v) is 9.65. The van der Waals surface area contributed by atoms with Crippen molar-refractivity contribution in [1.82, 2.24) is 10.2 Å². The summed E-state index contributed by atoms with van der Waals surface area (Å²) in [7, 11) is 3.72. The van der Waals surface area contributed by atoms with Crippen molar-refractivity contribution in [3.05, 3.63) is 21.9 Å². The van der Waals surface area contributed by atoms with Crippen molar-refractivity contribution in [2.45, 2.75) is 6.92 Å². The summed E-state index contributed by atoms with van der Waals surface area (Å²) in [6, 6.07) is 1.98. The quantitative estimate of drug-likeness (QED) is 0.817. The molecule has 1 heterocycles. The topological polar surface area (TPSA) is 32.3 Å². The highest BCUT2D eigenvalue weighted by molar-refractivity contribution is 7.12. The molecule has 0 radical (unpaired) electrons. The van der Waals surface area contributed by atoms with E-state index in [2.05, 4.69) is 5.32 Å². The summed E-state index contributed by atoms with van der Waals surface area (Å²) in [5, 5.41) is 4.98. The Labute approximate surface area is 88.7 Å². The minimum Gasteiger partial charge on any atom is -0.340 e. The number of nitrogens with one attached hydrogen (secondary N) is 1. The molecule has 0 fully saturated rings. The molecule has 14 heavy (non-hydrogen) atoms. The van der Waals surface area contributed by atoms with Crippen LogP contribution in [0.2, 0.25) is 0 Å². The minimum atomic E-state index is 0.118. The Balaban J connectivity index is 2.61. The summed E-state index contributed by atoms with van der Waals surface area (Å²) >= 11 is 1.51. The molecular formula is C10H16N2OS. The average Bonchev–Trinajstić information content (AvgIpc) is 2.59. The van der Waals surface area contributed by atoms with Gasteiger partial charge in [-0.3, -0.25) is 4.79 Å². The molecule has 0 bridgehead atoms. The number of nitrogens with zero attached hydrogens (tertiary/aromatic N) is 1. The van der Waals surface area contributed by atoms with Gasteiger partial charge < -0.3 is 10.2 Å². The fraction of sp³-hybridized carbons (Fsp3) is 0.500. The summed E-state index contributed by atoms with van der Waals surface area (Å²) in [4.78, 5) is 14.4. The summed E-state index contributed by atoms with van der Waals surface area (Å²) in [5.74, 6) is 0.118. The van der Waals surface area contributed by atoms with E-state index in [-0.39, 0.29) is 5.91 Å². The van der Waals surface area contributed by atoms with E-state index >= 15 is 0 Å². The van der Waals surface area contributed by atoms with Gasteiger partial charge in [0.15, 0.2) is 0 Å². The second-order valence-electron chi connectivity index (χ2n) is 3.26. The SMILES string of the molecule is CNCCN(C)C(=O)c1sccc1C. The van der Waals surface area contributed by atoms with Crippen LogP contribution in [0.1, 0.15) is 15.2 Å². The lowest BCUT2D eigenvalue weighted by atomic mass is 10.3. The van der Waals surface area contributed by atoms with Gasteiger partial charge in [0.05, 0.1) is 4.88 Å². The molecule has 0 aliphatic carbocycles. The zero-order chi connectivity index (χ0) is 10.6. The molecule has 78 valence electrons. The predicted molar refractivity (Wildman–Crippen MR) is 59.9 cm³/mol. The van der Waals surface area contributed by atoms with Gasteiger partial charge in [0.25, 0.3) is 5.91 Å². The minimum absolute atomic E-state index is 0.118. The van der Waals surface area contributed by atoms with Crippen LogP contribution in [-0.4, -0.2) is 38.0 Å². The van der Waals surface area contributed by atoms with Gasteiger partial charge in [0, 0.05) is 20.1 Å². The lowest BCUT2D eigenvalue weighted by Crippen LogP contribution is -2.32. The number of amides is 1. The van der Waals surface area contributed by atoms with Gasteiger partial charge in [-0.15, -0.1) is 11.3 Å². The maximum absolute atomic E-state index is 11.8. The molecular weight excluding hydrogens is 196 g/mol. The molecule has 0 aromatic carbocycles. The molecule has 0 aliphatic heterocycles. The van der Waals surface area contributed by atoms with Crippen LogP contribution >= 0.6 is 11.3 Å². The highest BCUT2D eigenvalue weighted by Gasteiger charge is 2.14. The number of carbonyl (C=O) groups excluding carboxylic acids is 1. The molecule has 1 amide bonds. The molecule has 0 aliphatic rings. The molecule has 4 heteroatoms. The van der Waals surface area contributed by atoms with Gasteiger partial charge in [-0.05, 0) is 31.0 Å². The molecule has 0 saturated heterocycles. The van der Waals surface area contributed by atoms with E-state index in [1.807, 2.05) is 32.5 Å². The lowest BCUT2D eigenvalue weighted by molar-refractivity contribution is 0.0801. The van der Waals surface area contributed by atoms with Gasteiger partial charge in [-0.1, -0.05) is 0 Å². The molecule has 1 N–H and O–H groups in total. The molecule has 3 nitrogen and oxygen atoms in total. The first kappa shape index (κ1) is 11.2. The van der Waals surface area contributed by atoms with E-state index in [9.17, 15) is 4.79 Å². The van der Waals surface area contributed by atoms with E-state index in [0.717, 1.165) is 23.5 Å². The van der Waals surface area contributed by atoms with E-state index < -0.39 is 0 Å². The highest BCUT2D eigenvalue weighted by atomic mass is 32.1. The van der Waals surface area contributed by atoms with E-state index in [0.29, 0.717) is 0 Å². The normalized spacial score (nSPS) is 10.2. The van der Waals surface area contributed by atoms with Gasteiger partial charge in [-0.2, -0.15) is 0 Å². The first-order valence-corrected chi connectivity index (χ1v) is 5.49. The maximum atomic E-state index is 11.8. The second-order valence-corrected chi connectivity index (χ2v) is 4.18. The molecule has 0 spiro atoms. The second kappa shape index (κ2) is 5.12. The molecule has 0 saturated carbocycles. The Morgan fingerprint density at radius 1 is 1.64 bits per heavy atom. The number of likely N-dealkylation sites (N-methyl/N-ethyl adjacent to an activating group) is 2. The first-order valence-electron chi connectivity index (χ1n) is 4.61. The van der Waals surface area contributed by atoms with Gasteiger partial charge in [0.2, 0.25) is 0 Å². The average molecular weight is 212 g/mol. The van der Waals surface area contributed by atoms with Crippen molar-refractivity contribution in [3.63, 3.8) is 0 Å². The third-order valence-corrected chi connectivity index (χ3v) is 3.10. The van der Waals surface area contributed by atoms with Crippen molar-refractivity contribution < 1.29 is 4.79 Å². The molecule has 0 atom stereocenters. The van der Waals surface area contributed by atoms with Crippen molar-refractivity contribution in [2.24, 2.45) is 0 Å². The summed E-state index contributed by atoms with van der Waals surface area (Å²) in [5.41, 5.74) is 1.07. The van der Waals surface area contributed by atoms with Crippen molar-refractivity contribution in [3.8, 4) is 0 Å². The van der Waals surface area contributed by atoms with Gasteiger partial charge >= 0.3 is 0 Å². The summed E-state index contributed by atoms with van der Waals surface area (Å²) < 4.78 is 0. The summed E-state index contributed by atoms with van der Waals surface area (Å²) in [6.45, 7) is 3.54. The van der Waals surface area contributed by atoms with Crippen LogP contribution in [0, 0.1) is 6.92 Å². The number of thiophene rings is 1. The number of hydrogen-bond donors (Lipinski definition) is 1.